The second-order valence-electron chi connectivity index (χ2n) is 8.27. The molecule has 29 heavy (non-hydrogen) atoms. The Kier molecular flexibility index (Phi) is 4.95. The van der Waals surface area contributed by atoms with E-state index < -0.39 is 0 Å². The predicted molar refractivity (Wildman–Crippen MR) is 123 cm³/mol. The first-order valence-corrected chi connectivity index (χ1v) is 10.7. The molecule has 1 saturated heterocycles. The van der Waals surface area contributed by atoms with Crippen molar-refractivity contribution < 1.29 is 0 Å². The van der Waals surface area contributed by atoms with Crippen LogP contribution >= 0.6 is 0 Å². The first kappa shape index (κ1) is 18.2. The molecule has 0 aromatic heterocycles. The highest BCUT2D eigenvalue weighted by Gasteiger charge is 2.31. The topological polar surface area (TPSA) is 6.48 Å². The fourth-order valence-corrected chi connectivity index (χ4v) is 4.88. The van der Waals surface area contributed by atoms with Gasteiger partial charge < -0.3 is 4.90 Å². The van der Waals surface area contributed by atoms with E-state index in [0.29, 0.717) is 12.1 Å². The lowest BCUT2D eigenvalue weighted by molar-refractivity contribution is 0.137. The summed E-state index contributed by atoms with van der Waals surface area (Å²) < 4.78 is 0. The van der Waals surface area contributed by atoms with Crippen molar-refractivity contribution in [3.63, 3.8) is 0 Å². The van der Waals surface area contributed by atoms with Gasteiger partial charge in [-0.15, -0.1) is 0 Å². The SMILES string of the molecule is CN1C2C=C(c3ccc(N(c4ccccc4)c4ccccc4)cc3)CC1CCC2. The Morgan fingerprint density at radius 1 is 0.724 bits per heavy atom. The van der Waals surface area contributed by atoms with E-state index in [4.69, 9.17) is 0 Å². The van der Waals surface area contributed by atoms with Crippen molar-refractivity contribution in [3.05, 3.63) is 96.6 Å². The average molecular weight is 381 g/mol. The summed E-state index contributed by atoms with van der Waals surface area (Å²) in [6.45, 7) is 0. The van der Waals surface area contributed by atoms with E-state index in [1.807, 2.05) is 0 Å². The first-order valence-electron chi connectivity index (χ1n) is 10.7. The maximum Gasteiger partial charge on any atom is 0.0462 e. The number of hydrogen-bond donors (Lipinski definition) is 0. The zero-order valence-corrected chi connectivity index (χ0v) is 17.0. The maximum atomic E-state index is 2.58. The molecule has 2 nitrogen and oxygen atoms in total. The Hall–Kier alpha value is -2.84. The lowest BCUT2D eigenvalue weighted by atomic mass is 9.83. The van der Waals surface area contributed by atoms with E-state index in [2.05, 4.69) is 108 Å². The van der Waals surface area contributed by atoms with Crippen LogP contribution in [0, 0.1) is 0 Å². The van der Waals surface area contributed by atoms with Gasteiger partial charge in [-0.05, 0) is 73.8 Å². The second kappa shape index (κ2) is 7.88. The largest absolute Gasteiger partial charge is 0.311 e. The molecule has 2 heterocycles. The van der Waals surface area contributed by atoms with Gasteiger partial charge in [0.05, 0.1) is 0 Å². The van der Waals surface area contributed by atoms with Gasteiger partial charge in [0, 0.05) is 29.1 Å². The molecule has 0 saturated carbocycles. The molecule has 2 atom stereocenters. The molecule has 3 aromatic rings. The fraction of sp³-hybridized carbons (Fsp3) is 0.259. The van der Waals surface area contributed by atoms with E-state index in [-0.39, 0.29) is 0 Å². The molecule has 2 unspecified atom stereocenters. The Morgan fingerprint density at radius 3 is 1.90 bits per heavy atom. The number of hydrogen-bond acceptors (Lipinski definition) is 2. The van der Waals surface area contributed by atoms with Crippen LogP contribution in [-0.2, 0) is 0 Å². The molecule has 0 radical (unpaired) electrons. The Bertz CT molecular complexity index is 937. The van der Waals surface area contributed by atoms with Crippen molar-refractivity contribution in [1.82, 2.24) is 4.90 Å². The molecule has 0 aliphatic carbocycles. The van der Waals surface area contributed by atoms with Gasteiger partial charge in [0.15, 0.2) is 0 Å². The molecule has 0 N–H and O–H groups in total. The molecule has 2 heteroatoms. The number of piperidine rings is 1. The summed E-state index contributed by atoms with van der Waals surface area (Å²) in [6.07, 6.45) is 7.68. The quantitative estimate of drug-likeness (QED) is 0.491. The summed E-state index contributed by atoms with van der Waals surface area (Å²) in [4.78, 5) is 4.90. The monoisotopic (exact) mass is 380 g/mol. The Balaban J connectivity index is 1.48. The van der Waals surface area contributed by atoms with Crippen molar-refractivity contribution in [1.29, 1.82) is 0 Å². The third-order valence-corrected chi connectivity index (χ3v) is 6.51. The van der Waals surface area contributed by atoms with Gasteiger partial charge in [0.1, 0.15) is 0 Å². The number of para-hydroxylation sites is 2. The van der Waals surface area contributed by atoms with Gasteiger partial charge in [0.2, 0.25) is 0 Å². The molecule has 0 spiro atoms. The zero-order valence-electron chi connectivity index (χ0n) is 17.0. The van der Waals surface area contributed by atoms with Gasteiger partial charge in [-0.3, -0.25) is 4.90 Å². The molecule has 5 rings (SSSR count). The van der Waals surface area contributed by atoms with Crippen LogP contribution in [0.15, 0.2) is 91.0 Å². The van der Waals surface area contributed by atoms with Crippen LogP contribution in [0.1, 0.15) is 31.2 Å². The number of fused-ring (bicyclic) bond motifs is 2. The minimum Gasteiger partial charge on any atom is -0.311 e. The van der Waals surface area contributed by atoms with Gasteiger partial charge in [-0.1, -0.05) is 61.0 Å². The fourth-order valence-electron chi connectivity index (χ4n) is 4.88. The molecular weight excluding hydrogens is 352 g/mol. The molecule has 2 aliphatic rings. The Morgan fingerprint density at radius 2 is 1.31 bits per heavy atom. The minimum absolute atomic E-state index is 0.613. The summed E-state index contributed by atoms with van der Waals surface area (Å²) in [5.74, 6) is 0. The number of nitrogens with zero attached hydrogens (tertiary/aromatic N) is 2. The normalized spacial score (nSPS) is 21.5. The minimum atomic E-state index is 0.613. The van der Waals surface area contributed by atoms with Gasteiger partial charge in [-0.25, -0.2) is 0 Å². The standard InChI is InChI=1S/C27H28N2/c1-28-26-13-8-14-27(28)20-22(19-26)21-15-17-25(18-16-21)29(23-9-4-2-5-10-23)24-11-6-3-7-12-24/h2-7,9-12,15-19,26-27H,8,13-14,20H2,1H3. The average Bonchev–Trinajstić information content (AvgIpc) is 2.76. The van der Waals surface area contributed by atoms with Crippen LogP contribution in [0.25, 0.3) is 5.57 Å². The number of likely N-dealkylation sites (N-methyl/N-ethyl adjacent to an activating group) is 1. The molecule has 2 aliphatic heterocycles. The van der Waals surface area contributed by atoms with Crippen LogP contribution in [0.5, 0.6) is 0 Å². The van der Waals surface area contributed by atoms with Crippen molar-refractivity contribution >= 4 is 22.6 Å². The van der Waals surface area contributed by atoms with E-state index in [1.54, 1.807) is 0 Å². The molecule has 2 bridgehead atoms. The van der Waals surface area contributed by atoms with E-state index in [0.717, 1.165) is 0 Å². The summed E-state index contributed by atoms with van der Waals surface area (Å²) in [7, 11) is 2.29. The first-order chi connectivity index (χ1) is 14.3. The van der Waals surface area contributed by atoms with Gasteiger partial charge in [0.25, 0.3) is 0 Å². The molecule has 1 fully saturated rings. The summed E-state index contributed by atoms with van der Waals surface area (Å²) >= 11 is 0. The van der Waals surface area contributed by atoms with E-state index >= 15 is 0 Å². The lowest BCUT2D eigenvalue weighted by Gasteiger charge is -2.42. The van der Waals surface area contributed by atoms with Crippen molar-refractivity contribution in [3.8, 4) is 0 Å². The zero-order chi connectivity index (χ0) is 19.6. The highest BCUT2D eigenvalue weighted by atomic mass is 15.2. The van der Waals surface area contributed by atoms with Crippen LogP contribution in [0.2, 0.25) is 0 Å². The van der Waals surface area contributed by atoms with E-state index in [9.17, 15) is 0 Å². The van der Waals surface area contributed by atoms with Crippen LogP contribution in [0.4, 0.5) is 17.1 Å². The highest BCUT2D eigenvalue weighted by molar-refractivity contribution is 5.78. The van der Waals surface area contributed by atoms with Gasteiger partial charge in [-0.2, -0.15) is 0 Å². The third kappa shape index (κ3) is 3.61. The summed E-state index contributed by atoms with van der Waals surface area (Å²) in [5, 5.41) is 0. The Labute approximate surface area is 174 Å². The molecule has 0 amide bonds. The summed E-state index contributed by atoms with van der Waals surface area (Å²) in [6, 6.07) is 31.7. The van der Waals surface area contributed by atoms with Crippen molar-refractivity contribution in [2.24, 2.45) is 0 Å². The number of anilines is 3. The highest BCUT2D eigenvalue weighted by Crippen LogP contribution is 2.38. The van der Waals surface area contributed by atoms with Crippen molar-refractivity contribution in [2.75, 3.05) is 11.9 Å². The van der Waals surface area contributed by atoms with Crippen molar-refractivity contribution in [2.45, 2.75) is 37.8 Å². The molecule has 3 aromatic carbocycles. The molecular formula is C27H28N2. The van der Waals surface area contributed by atoms with Crippen LogP contribution in [0.3, 0.4) is 0 Å². The number of benzene rings is 3. The third-order valence-electron chi connectivity index (χ3n) is 6.51. The van der Waals surface area contributed by atoms with Gasteiger partial charge >= 0.3 is 0 Å². The number of rotatable bonds is 4. The van der Waals surface area contributed by atoms with Crippen LogP contribution in [-0.4, -0.2) is 24.0 Å². The lowest BCUT2D eigenvalue weighted by Crippen LogP contribution is -2.45. The predicted octanol–water partition coefficient (Wildman–Crippen LogP) is 6.80. The second-order valence-corrected chi connectivity index (χ2v) is 8.27. The van der Waals surface area contributed by atoms with E-state index in [1.165, 1.54) is 53.9 Å². The maximum absolute atomic E-state index is 2.58. The smallest absolute Gasteiger partial charge is 0.0462 e. The summed E-state index contributed by atoms with van der Waals surface area (Å²) in [5.41, 5.74) is 6.45. The molecule has 146 valence electrons. The van der Waals surface area contributed by atoms with Crippen LogP contribution < -0.4 is 4.90 Å².